The van der Waals surface area contributed by atoms with Crippen molar-refractivity contribution < 1.29 is 0 Å². The molecule has 0 atom stereocenters. The molecule has 0 bridgehead atoms. The van der Waals surface area contributed by atoms with Crippen molar-refractivity contribution >= 4 is 5.69 Å². The van der Waals surface area contributed by atoms with Crippen LogP contribution < -0.4 is 11.5 Å². The maximum atomic E-state index is 5.88. The van der Waals surface area contributed by atoms with E-state index in [-0.39, 0.29) is 0 Å². The van der Waals surface area contributed by atoms with Crippen molar-refractivity contribution in [3.63, 3.8) is 0 Å². The Kier molecular flexibility index (Phi) is 19.5. The largest absolute Gasteiger partial charge is 0.399 e. The van der Waals surface area contributed by atoms with E-state index < -0.39 is 0 Å². The molecular weight excluding hydrogens is 316 g/mol. The third-order valence-corrected chi connectivity index (χ3v) is 4.91. The number of nitrogen functional groups attached to an aromatic ring is 1. The van der Waals surface area contributed by atoms with Gasteiger partial charge in [0.15, 0.2) is 0 Å². The van der Waals surface area contributed by atoms with Gasteiger partial charge in [0.05, 0.1) is 0 Å². The standard InChI is InChI=1S/C14H23N.C10H23N/c1-2-3-4-5-6-7-10-13-11-8-9-12-14(13)15;1-2-3-4-5-6-7-8-9-10-11/h8-9,11-12H,2-7,10,15H2,1H3;2-11H2,1H3. The average molecular weight is 363 g/mol. The molecule has 1 rings (SSSR count). The first kappa shape index (κ1) is 25.0. The van der Waals surface area contributed by atoms with Gasteiger partial charge in [-0.25, -0.2) is 0 Å². The van der Waals surface area contributed by atoms with E-state index in [4.69, 9.17) is 11.5 Å². The number of anilines is 1. The summed E-state index contributed by atoms with van der Waals surface area (Å²) in [6.07, 6.45) is 20.2. The fraction of sp³-hybridized carbons (Fsp3) is 0.750. The molecule has 0 radical (unpaired) electrons. The minimum atomic E-state index is 0.870. The summed E-state index contributed by atoms with van der Waals surface area (Å²) in [6, 6.07) is 8.21. The Morgan fingerprint density at radius 2 is 1.08 bits per heavy atom. The molecule has 0 aliphatic rings. The van der Waals surface area contributed by atoms with Crippen molar-refractivity contribution in [2.45, 2.75) is 110 Å². The molecule has 0 fully saturated rings. The molecule has 0 amide bonds. The molecule has 0 spiro atoms. The molecule has 0 saturated heterocycles. The quantitative estimate of drug-likeness (QED) is 0.255. The lowest BCUT2D eigenvalue weighted by molar-refractivity contribution is 0.578. The maximum Gasteiger partial charge on any atom is 0.0346 e. The second kappa shape index (κ2) is 20.3. The van der Waals surface area contributed by atoms with E-state index in [1.807, 2.05) is 12.1 Å². The summed E-state index contributed by atoms with van der Waals surface area (Å²) in [5.41, 5.74) is 13.5. The van der Waals surface area contributed by atoms with E-state index in [1.165, 1.54) is 95.5 Å². The smallest absolute Gasteiger partial charge is 0.0346 e. The van der Waals surface area contributed by atoms with Gasteiger partial charge >= 0.3 is 0 Å². The van der Waals surface area contributed by atoms with Crippen molar-refractivity contribution in [1.82, 2.24) is 0 Å². The van der Waals surface area contributed by atoms with Crippen LogP contribution in [-0.4, -0.2) is 6.54 Å². The van der Waals surface area contributed by atoms with Gasteiger partial charge in [0.25, 0.3) is 0 Å². The zero-order valence-electron chi connectivity index (χ0n) is 17.8. The highest BCUT2D eigenvalue weighted by atomic mass is 14.6. The summed E-state index contributed by atoms with van der Waals surface area (Å²) >= 11 is 0. The highest BCUT2D eigenvalue weighted by Gasteiger charge is 1.97. The number of rotatable bonds is 15. The summed E-state index contributed by atoms with van der Waals surface area (Å²) in [4.78, 5) is 0. The van der Waals surface area contributed by atoms with Gasteiger partial charge in [0, 0.05) is 5.69 Å². The van der Waals surface area contributed by atoms with E-state index in [9.17, 15) is 0 Å². The number of nitrogens with two attached hydrogens (primary N) is 2. The van der Waals surface area contributed by atoms with Crippen LogP contribution in [0.3, 0.4) is 0 Å². The molecule has 0 unspecified atom stereocenters. The molecule has 4 N–H and O–H groups in total. The Morgan fingerprint density at radius 3 is 1.58 bits per heavy atom. The van der Waals surface area contributed by atoms with Crippen LogP contribution in [0.15, 0.2) is 24.3 Å². The third-order valence-electron chi connectivity index (χ3n) is 4.91. The number of hydrogen-bond acceptors (Lipinski definition) is 2. The summed E-state index contributed by atoms with van der Waals surface area (Å²) in [5.74, 6) is 0. The zero-order chi connectivity index (χ0) is 19.3. The maximum absolute atomic E-state index is 5.88. The van der Waals surface area contributed by atoms with Gasteiger partial charge in [-0.3, -0.25) is 0 Å². The molecule has 1 aromatic carbocycles. The van der Waals surface area contributed by atoms with Crippen molar-refractivity contribution in [2.75, 3.05) is 12.3 Å². The minimum absolute atomic E-state index is 0.870. The van der Waals surface area contributed by atoms with Crippen LogP contribution in [0, 0.1) is 0 Å². The van der Waals surface area contributed by atoms with Crippen LogP contribution >= 0.6 is 0 Å². The van der Waals surface area contributed by atoms with Gasteiger partial charge < -0.3 is 11.5 Å². The van der Waals surface area contributed by atoms with E-state index in [0.29, 0.717) is 0 Å². The summed E-state index contributed by atoms with van der Waals surface area (Å²) < 4.78 is 0. The van der Waals surface area contributed by atoms with Crippen LogP contribution in [0.1, 0.15) is 109 Å². The molecule has 0 aliphatic carbocycles. The second-order valence-corrected chi connectivity index (χ2v) is 7.48. The molecule has 2 nitrogen and oxygen atoms in total. The number of hydrogen-bond donors (Lipinski definition) is 2. The highest BCUT2D eigenvalue weighted by molar-refractivity contribution is 5.46. The molecule has 0 saturated carbocycles. The summed E-state index contributed by atoms with van der Waals surface area (Å²) in [7, 11) is 0. The lowest BCUT2D eigenvalue weighted by Gasteiger charge is -2.04. The van der Waals surface area contributed by atoms with E-state index >= 15 is 0 Å². The lowest BCUT2D eigenvalue weighted by atomic mass is 10.0. The molecule has 0 aliphatic heterocycles. The first-order chi connectivity index (χ1) is 12.8. The van der Waals surface area contributed by atoms with Crippen LogP contribution in [0.4, 0.5) is 5.69 Å². The van der Waals surface area contributed by atoms with E-state index in [1.54, 1.807) is 0 Å². The molecule has 152 valence electrons. The van der Waals surface area contributed by atoms with Gasteiger partial charge in [0.2, 0.25) is 0 Å². The van der Waals surface area contributed by atoms with E-state index in [0.717, 1.165) is 18.7 Å². The Bertz CT molecular complexity index is 382. The molecule has 26 heavy (non-hydrogen) atoms. The summed E-state index contributed by atoms with van der Waals surface area (Å²) in [5, 5.41) is 0. The normalized spacial score (nSPS) is 10.4. The Hall–Kier alpha value is -1.02. The van der Waals surface area contributed by atoms with Crippen molar-refractivity contribution in [3.05, 3.63) is 29.8 Å². The van der Waals surface area contributed by atoms with Crippen LogP contribution in [0.5, 0.6) is 0 Å². The molecule has 0 heterocycles. The van der Waals surface area contributed by atoms with Crippen LogP contribution in [-0.2, 0) is 6.42 Å². The third kappa shape index (κ3) is 16.4. The molecule has 0 aromatic heterocycles. The lowest BCUT2D eigenvalue weighted by Crippen LogP contribution is -1.97. The average Bonchev–Trinajstić information content (AvgIpc) is 2.66. The van der Waals surface area contributed by atoms with Gasteiger partial charge in [-0.1, -0.05) is 109 Å². The number of benzene rings is 1. The topological polar surface area (TPSA) is 52.0 Å². The fourth-order valence-electron chi connectivity index (χ4n) is 3.14. The number of para-hydroxylation sites is 1. The molecule has 2 heteroatoms. The summed E-state index contributed by atoms with van der Waals surface area (Å²) in [6.45, 7) is 5.38. The monoisotopic (exact) mass is 362 g/mol. The van der Waals surface area contributed by atoms with Gasteiger partial charge in [-0.15, -0.1) is 0 Å². The van der Waals surface area contributed by atoms with Gasteiger partial charge in [-0.2, -0.15) is 0 Å². The van der Waals surface area contributed by atoms with E-state index in [2.05, 4.69) is 26.0 Å². The first-order valence-corrected chi connectivity index (χ1v) is 11.3. The van der Waals surface area contributed by atoms with Crippen molar-refractivity contribution in [3.8, 4) is 0 Å². The predicted molar refractivity (Wildman–Crippen MR) is 120 cm³/mol. The van der Waals surface area contributed by atoms with Crippen LogP contribution in [0.2, 0.25) is 0 Å². The molecular formula is C24H46N2. The van der Waals surface area contributed by atoms with Gasteiger partial charge in [0.1, 0.15) is 0 Å². The minimum Gasteiger partial charge on any atom is -0.399 e. The zero-order valence-corrected chi connectivity index (χ0v) is 17.8. The van der Waals surface area contributed by atoms with Gasteiger partial charge in [-0.05, 0) is 37.4 Å². The number of aryl methyl sites for hydroxylation is 1. The van der Waals surface area contributed by atoms with Crippen molar-refractivity contribution in [1.29, 1.82) is 0 Å². The van der Waals surface area contributed by atoms with Crippen molar-refractivity contribution in [2.24, 2.45) is 5.73 Å². The molecule has 1 aromatic rings. The SMILES string of the molecule is CCCCCCCCCCN.CCCCCCCCc1ccccc1N. The number of unbranched alkanes of at least 4 members (excludes halogenated alkanes) is 12. The highest BCUT2D eigenvalue weighted by Crippen LogP contribution is 2.15. The fourth-order valence-corrected chi connectivity index (χ4v) is 3.14. The first-order valence-electron chi connectivity index (χ1n) is 11.3. The Morgan fingerprint density at radius 1 is 0.615 bits per heavy atom. The predicted octanol–water partition coefficient (Wildman–Crippen LogP) is 7.26. The van der Waals surface area contributed by atoms with Crippen LogP contribution in [0.25, 0.3) is 0 Å². The Labute approximate surface area is 164 Å². The second-order valence-electron chi connectivity index (χ2n) is 7.48. The Balaban J connectivity index is 0.000000508.